The van der Waals surface area contributed by atoms with Gasteiger partial charge in [0.2, 0.25) is 0 Å². The average Bonchev–Trinajstić information content (AvgIpc) is 2.90. The Balaban J connectivity index is 1.81. The van der Waals surface area contributed by atoms with Crippen molar-refractivity contribution in [2.45, 2.75) is 110 Å². The van der Waals surface area contributed by atoms with E-state index in [4.69, 9.17) is 14.2 Å². The van der Waals surface area contributed by atoms with Crippen LogP contribution in [0.5, 0.6) is 0 Å². The zero-order valence-corrected chi connectivity index (χ0v) is 22.5. The first-order valence-corrected chi connectivity index (χ1v) is 14.1. The highest BCUT2D eigenvalue weighted by molar-refractivity contribution is 6.40. The van der Waals surface area contributed by atoms with Crippen LogP contribution in [-0.2, 0) is 23.8 Å². The van der Waals surface area contributed by atoms with E-state index >= 15 is 0 Å². The zero-order chi connectivity index (χ0) is 26.1. The summed E-state index contributed by atoms with van der Waals surface area (Å²) in [5.41, 5.74) is 0.296. The number of unbranched alkanes of at least 4 members (excludes halogenated alkanes) is 14. The highest BCUT2D eigenvalue weighted by atomic mass is 16.6. The molecule has 1 aromatic rings. The molecule has 0 unspecified atom stereocenters. The van der Waals surface area contributed by atoms with E-state index in [-0.39, 0.29) is 32.4 Å². The van der Waals surface area contributed by atoms with Crippen molar-refractivity contribution in [2.24, 2.45) is 0 Å². The molecule has 0 atom stereocenters. The van der Waals surface area contributed by atoms with E-state index in [1.165, 1.54) is 83.5 Å². The first-order chi connectivity index (χ1) is 17.6. The second-order valence-electron chi connectivity index (χ2n) is 9.36. The first kappa shape index (κ1) is 31.8. The molecule has 204 valence electrons. The maximum Gasteiger partial charge on any atom is 0.379 e. The summed E-state index contributed by atoms with van der Waals surface area (Å²) in [6, 6.07) is 8.26. The van der Waals surface area contributed by atoms with Crippen molar-refractivity contribution in [2.75, 3.05) is 26.4 Å². The Kier molecular flexibility index (Phi) is 20.5. The Hall–Kier alpha value is -2.21. The maximum atomic E-state index is 11.9. The van der Waals surface area contributed by atoms with Crippen molar-refractivity contribution in [1.82, 2.24) is 0 Å². The first-order valence-electron chi connectivity index (χ1n) is 14.1. The van der Waals surface area contributed by atoms with Crippen molar-refractivity contribution < 1.29 is 28.6 Å². The van der Waals surface area contributed by atoms with Crippen LogP contribution in [0.2, 0.25) is 0 Å². The molecular formula is C30H48O6. The third-order valence-electron chi connectivity index (χ3n) is 6.16. The van der Waals surface area contributed by atoms with Crippen LogP contribution in [0.25, 0.3) is 0 Å². The van der Waals surface area contributed by atoms with Gasteiger partial charge in [-0.1, -0.05) is 127 Å². The van der Waals surface area contributed by atoms with E-state index in [1.807, 2.05) is 0 Å². The third kappa shape index (κ3) is 18.1. The number of Topliss-reactive ketones (excluding diaryl/α,β-unsaturated/α-hetero) is 1. The predicted molar refractivity (Wildman–Crippen MR) is 143 cm³/mol. The van der Waals surface area contributed by atoms with Crippen LogP contribution in [0.3, 0.4) is 0 Å². The molecule has 1 aromatic carbocycles. The molecule has 0 bridgehead atoms. The topological polar surface area (TPSA) is 78.9 Å². The quantitative estimate of drug-likeness (QED) is 0.0639. The number of rotatable bonds is 24. The summed E-state index contributed by atoms with van der Waals surface area (Å²) in [6.45, 7) is 2.79. The zero-order valence-electron chi connectivity index (χ0n) is 22.5. The van der Waals surface area contributed by atoms with Gasteiger partial charge in [0.1, 0.15) is 13.2 Å². The summed E-state index contributed by atoms with van der Waals surface area (Å²) < 4.78 is 15.3. The van der Waals surface area contributed by atoms with Crippen molar-refractivity contribution in [1.29, 1.82) is 0 Å². The lowest BCUT2D eigenvalue weighted by molar-refractivity contribution is -0.145. The van der Waals surface area contributed by atoms with Crippen LogP contribution in [0, 0.1) is 0 Å². The fourth-order valence-corrected chi connectivity index (χ4v) is 4.00. The smallest absolute Gasteiger partial charge is 0.379 e. The van der Waals surface area contributed by atoms with Gasteiger partial charge < -0.3 is 14.2 Å². The van der Waals surface area contributed by atoms with Gasteiger partial charge in [-0.25, -0.2) is 4.79 Å². The number of benzene rings is 1. The van der Waals surface area contributed by atoms with E-state index < -0.39 is 11.8 Å². The molecule has 36 heavy (non-hydrogen) atoms. The van der Waals surface area contributed by atoms with Gasteiger partial charge in [0.05, 0.1) is 13.2 Å². The van der Waals surface area contributed by atoms with Gasteiger partial charge in [-0.3, -0.25) is 9.59 Å². The van der Waals surface area contributed by atoms with Gasteiger partial charge in [0.25, 0.3) is 5.78 Å². The minimum atomic E-state index is -0.903. The van der Waals surface area contributed by atoms with E-state index in [2.05, 4.69) is 6.92 Å². The minimum absolute atomic E-state index is 0.0233. The van der Waals surface area contributed by atoms with Crippen molar-refractivity contribution >= 4 is 17.7 Å². The van der Waals surface area contributed by atoms with Crippen LogP contribution in [-0.4, -0.2) is 44.1 Å². The number of carbonyl (C=O) groups is 3. The lowest BCUT2D eigenvalue weighted by atomic mass is 10.0. The van der Waals surface area contributed by atoms with Crippen LogP contribution in [0.1, 0.15) is 120 Å². The fourth-order valence-electron chi connectivity index (χ4n) is 4.00. The molecule has 0 radical (unpaired) electrons. The Morgan fingerprint density at radius 1 is 0.583 bits per heavy atom. The molecular weight excluding hydrogens is 456 g/mol. The number of hydrogen-bond acceptors (Lipinski definition) is 6. The number of hydrogen-bond donors (Lipinski definition) is 0. The summed E-state index contributed by atoms with van der Waals surface area (Å²) in [4.78, 5) is 35.3. The minimum Gasteiger partial charge on any atom is -0.463 e. The van der Waals surface area contributed by atoms with Gasteiger partial charge in [0.15, 0.2) is 0 Å². The molecule has 0 aliphatic rings. The maximum absolute atomic E-state index is 11.9. The lowest BCUT2D eigenvalue weighted by Crippen LogP contribution is -2.20. The average molecular weight is 505 g/mol. The molecule has 1 rings (SSSR count). The predicted octanol–water partition coefficient (Wildman–Crippen LogP) is 7.23. The van der Waals surface area contributed by atoms with Crippen LogP contribution in [0.4, 0.5) is 0 Å². The van der Waals surface area contributed by atoms with Gasteiger partial charge in [-0.05, 0) is 6.42 Å². The van der Waals surface area contributed by atoms with Crippen molar-refractivity contribution in [3.05, 3.63) is 35.9 Å². The van der Waals surface area contributed by atoms with Crippen LogP contribution < -0.4 is 0 Å². The fraction of sp³-hybridized carbons (Fsp3) is 0.700. The molecule has 0 N–H and O–H groups in total. The number of ketones is 1. The van der Waals surface area contributed by atoms with E-state index in [0.29, 0.717) is 12.0 Å². The molecule has 0 heterocycles. The standard InChI is InChI=1S/C30H48O6/c1-2-3-4-5-6-7-8-9-10-11-12-13-14-15-19-22-28(31)35-25-23-34-24-26-36-30(33)29(32)27-20-17-16-18-21-27/h16-18,20-21H,2-15,19,22-26H2,1H3. The summed E-state index contributed by atoms with van der Waals surface area (Å²) in [5.74, 6) is -1.78. The SMILES string of the molecule is CCCCCCCCCCCCCCCCCC(=O)OCCOCCOC(=O)C(=O)c1ccccc1. The molecule has 0 fully saturated rings. The number of esters is 2. The molecule has 0 aliphatic heterocycles. The van der Waals surface area contributed by atoms with E-state index in [0.717, 1.165) is 12.8 Å². The van der Waals surface area contributed by atoms with E-state index in [9.17, 15) is 14.4 Å². The van der Waals surface area contributed by atoms with Gasteiger partial charge in [0, 0.05) is 12.0 Å². The Morgan fingerprint density at radius 2 is 1.06 bits per heavy atom. The summed E-state index contributed by atoms with van der Waals surface area (Å²) in [6.07, 6.45) is 19.9. The molecule has 6 heteroatoms. The van der Waals surface area contributed by atoms with Gasteiger partial charge in [-0.15, -0.1) is 0 Å². The number of ether oxygens (including phenoxy) is 3. The molecule has 0 aromatic heterocycles. The monoisotopic (exact) mass is 504 g/mol. The second-order valence-corrected chi connectivity index (χ2v) is 9.36. The summed E-state index contributed by atoms with van der Waals surface area (Å²) in [7, 11) is 0. The van der Waals surface area contributed by atoms with Crippen molar-refractivity contribution in [3.63, 3.8) is 0 Å². The third-order valence-corrected chi connectivity index (χ3v) is 6.16. The van der Waals surface area contributed by atoms with Crippen LogP contribution in [0.15, 0.2) is 30.3 Å². The Morgan fingerprint density at radius 3 is 1.58 bits per heavy atom. The summed E-state index contributed by atoms with van der Waals surface area (Å²) >= 11 is 0. The highest BCUT2D eigenvalue weighted by Gasteiger charge is 2.17. The van der Waals surface area contributed by atoms with Crippen LogP contribution >= 0.6 is 0 Å². The van der Waals surface area contributed by atoms with E-state index in [1.54, 1.807) is 30.3 Å². The molecule has 6 nitrogen and oxygen atoms in total. The van der Waals surface area contributed by atoms with Gasteiger partial charge >= 0.3 is 11.9 Å². The molecule has 0 saturated carbocycles. The Labute approximate surface area is 218 Å². The second kappa shape index (κ2) is 23.2. The highest BCUT2D eigenvalue weighted by Crippen LogP contribution is 2.13. The lowest BCUT2D eigenvalue weighted by Gasteiger charge is -2.07. The largest absolute Gasteiger partial charge is 0.463 e. The molecule has 0 saturated heterocycles. The normalized spacial score (nSPS) is 10.8. The summed E-state index contributed by atoms with van der Waals surface area (Å²) in [5, 5.41) is 0. The molecule has 0 amide bonds. The van der Waals surface area contributed by atoms with Crippen molar-refractivity contribution in [3.8, 4) is 0 Å². The number of carbonyl (C=O) groups excluding carboxylic acids is 3. The van der Waals surface area contributed by atoms with Gasteiger partial charge in [-0.2, -0.15) is 0 Å². The molecule has 0 aliphatic carbocycles. The molecule has 0 spiro atoms. The Bertz CT molecular complexity index is 688.